The molecule has 0 spiro atoms. The van der Waals surface area contributed by atoms with E-state index in [-0.39, 0.29) is 12.5 Å². The number of pyridine rings is 1. The van der Waals surface area contributed by atoms with Crippen molar-refractivity contribution >= 4 is 11.7 Å². The molecule has 0 radical (unpaired) electrons. The van der Waals surface area contributed by atoms with Crippen LogP contribution in [0, 0.1) is 11.3 Å². The Hall–Kier alpha value is -2.13. The predicted octanol–water partition coefficient (Wildman–Crippen LogP) is 0.633. The fourth-order valence-corrected chi connectivity index (χ4v) is 1.99. The van der Waals surface area contributed by atoms with Crippen LogP contribution >= 0.6 is 0 Å². The molecule has 94 valence electrons. The van der Waals surface area contributed by atoms with Gasteiger partial charge in [-0.25, -0.2) is 0 Å². The highest BCUT2D eigenvalue weighted by Gasteiger charge is 2.24. The largest absolute Gasteiger partial charge is 0.481 e. The molecule has 0 saturated carbocycles. The first-order valence-corrected chi connectivity index (χ1v) is 5.63. The van der Waals surface area contributed by atoms with Gasteiger partial charge in [0.1, 0.15) is 6.07 Å². The molecule has 1 saturated heterocycles. The van der Waals surface area contributed by atoms with Crippen LogP contribution < -0.4 is 4.90 Å². The third-order valence-electron chi connectivity index (χ3n) is 2.80. The first kappa shape index (κ1) is 12.3. The van der Waals surface area contributed by atoms with Crippen molar-refractivity contribution in [2.75, 3.05) is 24.6 Å². The summed E-state index contributed by atoms with van der Waals surface area (Å²) < 4.78 is 5.39. The van der Waals surface area contributed by atoms with Gasteiger partial charge < -0.3 is 14.7 Å². The van der Waals surface area contributed by atoms with Gasteiger partial charge in [0.05, 0.1) is 36.6 Å². The molecule has 0 aliphatic carbocycles. The summed E-state index contributed by atoms with van der Waals surface area (Å²) in [6, 6.07) is 3.76. The lowest BCUT2D eigenvalue weighted by molar-refractivity contribution is -0.140. The number of aliphatic carboxylic acids is 1. The lowest BCUT2D eigenvalue weighted by Gasteiger charge is -2.34. The second-order valence-corrected chi connectivity index (χ2v) is 4.04. The lowest BCUT2D eigenvalue weighted by atomic mass is 10.1. The maximum atomic E-state index is 10.7. The number of ether oxygens (including phenoxy) is 1. The molecule has 6 nitrogen and oxygen atoms in total. The average molecular weight is 247 g/mol. The SMILES string of the molecule is N#Cc1ccncc1N1CCOC(CC(=O)O)C1. The van der Waals surface area contributed by atoms with E-state index >= 15 is 0 Å². The lowest BCUT2D eigenvalue weighted by Crippen LogP contribution is -2.43. The Bertz CT molecular complexity index is 484. The zero-order valence-corrected chi connectivity index (χ0v) is 9.74. The van der Waals surface area contributed by atoms with Gasteiger partial charge in [0, 0.05) is 19.3 Å². The summed E-state index contributed by atoms with van der Waals surface area (Å²) in [5.74, 6) is -0.881. The number of nitriles is 1. The van der Waals surface area contributed by atoms with E-state index in [1.165, 1.54) is 0 Å². The van der Waals surface area contributed by atoms with Crippen LogP contribution in [0.4, 0.5) is 5.69 Å². The number of carboxylic acid groups (broad SMARTS) is 1. The van der Waals surface area contributed by atoms with Gasteiger partial charge in [-0.3, -0.25) is 9.78 Å². The van der Waals surface area contributed by atoms with Gasteiger partial charge in [0.2, 0.25) is 0 Å². The van der Waals surface area contributed by atoms with E-state index in [1.807, 2.05) is 4.90 Å². The minimum Gasteiger partial charge on any atom is -0.481 e. The molecule has 1 N–H and O–H groups in total. The molecule has 0 amide bonds. The Morgan fingerprint density at radius 2 is 2.56 bits per heavy atom. The molecule has 6 heteroatoms. The van der Waals surface area contributed by atoms with Crippen molar-refractivity contribution < 1.29 is 14.6 Å². The van der Waals surface area contributed by atoms with Gasteiger partial charge in [-0.1, -0.05) is 0 Å². The Morgan fingerprint density at radius 1 is 1.72 bits per heavy atom. The van der Waals surface area contributed by atoms with E-state index in [9.17, 15) is 4.79 Å². The molecule has 2 heterocycles. The quantitative estimate of drug-likeness (QED) is 0.843. The minimum absolute atomic E-state index is 0.0291. The van der Waals surface area contributed by atoms with E-state index in [0.717, 1.165) is 5.69 Å². The second-order valence-electron chi connectivity index (χ2n) is 4.04. The van der Waals surface area contributed by atoms with Crippen molar-refractivity contribution in [1.29, 1.82) is 5.26 Å². The van der Waals surface area contributed by atoms with E-state index in [2.05, 4.69) is 11.1 Å². The average Bonchev–Trinajstić information content (AvgIpc) is 2.38. The maximum Gasteiger partial charge on any atom is 0.306 e. The number of nitrogens with zero attached hydrogens (tertiary/aromatic N) is 3. The Balaban J connectivity index is 2.13. The van der Waals surface area contributed by atoms with Crippen LogP contribution in [0.1, 0.15) is 12.0 Å². The number of morpholine rings is 1. The summed E-state index contributed by atoms with van der Waals surface area (Å²) in [7, 11) is 0. The van der Waals surface area contributed by atoms with Crippen molar-refractivity contribution in [3.63, 3.8) is 0 Å². The van der Waals surface area contributed by atoms with Crippen LogP contribution in [-0.2, 0) is 9.53 Å². The highest BCUT2D eigenvalue weighted by molar-refractivity contribution is 5.67. The molecule has 1 fully saturated rings. The summed E-state index contributed by atoms with van der Waals surface area (Å²) in [6.07, 6.45) is 2.82. The van der Waals surface area contributed by atoms with Crippen LogP contribution in [0.3, 0.4) is 0 Å². The summed E-state index contributed by atoms with van der Waals surface area (Å²) >= 11 is 0. The van der Waals surface area contributed by atoms with Gasteiger partial charge in [-0.15, -0.1) is 0 Å². The molecule has 18 heavy (non-hydrogen) atoms. The molecular weight excluding hydrogens is 234 g/mol. The first-order valence-electron chi connectivity index (χ1n) is 5.63. The fourth-order valence-electron chi connectivity index (χ4n) is 1.99. The number of carbonyl (C=O) groups is 1. The summed E-state index contributed by atoms with van der Waals surface area (Å²) in [5.41, 5.74) is 1.28. The van der Waals surface area contributed by atoms with Crippen LogP contribution in [0.25, 0.3) is 0 Å². The van der Waals surface area contributed by atoms with Crippen LogP contribution in [0.5, 0.6) is 0 Å². The normalized spacial score (nSPS) is 19.3. The maximum absolute atomic E-state index is 10.7. The molecule has 2 rings (SSSR count). The number of carboxylic acids is 1. The molecule has 1 aromatic heterocycles. The minimum atomic E-state index is -0.881. The molecule has 1 unspecified atom stereocenters. The number of hydrogen-bond acceptors (Lipinski definition) is 5. The van der Waals surface area contributed by atoms with Crippen LogP contribution in [0.2, 0.25) is 0 Å². The zero-order valence-electron chi connectivity index (χ0n) is 9.74. The van der Waals surface area contributed by atoms with Gasteiger partial charge in [-0.05, 0) is 6.07 Å². The summed E-state index contributed by atoms with van der Waals surface area (Å²) in [4.78, 5) is 16.6. The first-order chi connectivity index (χ1) is 8.70. The van der Waals surface area contributed by atoms with Gasteiger partial charge >= 0.3 is 5.97 Å². The number of aromatic nitrogens is 1. The molecular formula is C12H13N3O3. The van der Waals surface area contributed by atoms with E-state index in [0.29, 0.717) is 25.3 Å². The fraction of sp³-hybridized carbons (Fsp3) is 0.417. The topological polar surface area (TPSA) is 86.5 Å². The van der Waals surface area contributed by atoms with Gasteiger partial charge in [0.25, 0.3) is 0 Å². The van der Waals surface area contributed by atoms with Gasteiger partial charge in [0.15, 0.2) is 0 Å². The molecule has 1 aromatic rings. The van der Waals surface area contributed by atoms with E-state index < -0.39 is 5.97 Å². The number of anilines is 1. The molecule has 0 bridgehead atoms. The predicted molar refractivity (Wildman–Crippen MR) is 63.2 cm³/mol. The number of hydrogen-bond donors (Lipinski definition) is 1. The monoisotopic (exact) mass is 247 g/mol. The smallest absolute Gasteiger partial charge is 0.306 e. The zero-order chi connectivity index (χ0) is 13.0. The second kappa shape index (κ2) is 5.47. The van der Waals surface area contributed by atoms with Gasteiger partial charge in [-0.2, -0.15) is 5.26 Å². The van der Waals surface area contributed by atoms with Crippen LogP contribution in [0.15, 0.2) is 18.5 Å². The highest BCUT2D eigenvalue weighted by atomic mass is 16.5. The van der Waals surface area contributed by atoms with Crippen molar-refractivity contribution in [2.45, 2.75) is 12.5 Å². The Kier molecular flexibility index (Phi) is 3.75. The number of rotatable bonds is 3. The summed E-state index contributed by atoms with van der Waals surface area (Å²) in [6.45, 7) is 1.56. The third-order valence-corrected chi connectivity index (χ3v) is 2.80. The Labute approximate surface area is 104 Å². The third kappa shape index (κ3) is 2.76. The molecule has 0 aromatic carbocycles. The standard InChI is InChI=1S/C12H13N3O3/c13-6-9-1-2-14-7-11(9)15-3-4-18-10(8-15)5-12(16)17/h1-2,7,10H,3-5,8H2,(H,16,17). The van der Waals surface area contributed by atoms with Crippen molar-refractivity contribution in [3.05, 3.63) is 24.0 Å². The molecule has 1 aliphatic rings. The van der Waals surface area contributed by atoms with E-state index in [4.69, 9.17) is 15.1 Å². The van der Waals surface area contributed by atoms with Crippen molar-refractivity contribution in [3.8, 4) is 6.07 Å². The summed E-state index contributed by atoms with van der Waals surface area (Å²) in [5, 5.41) is 17.8. The Morgan fingerprint density at radius 3 is 3.28 bits per heavy atom. The van der Waals surface area contributed by atoms with E-state index in [1.54, 1.807) is 18.5 Å². The molecule has 1 atom stereocenters. The van der Waals surface area contributed by atoms with Crippen molar-refractivity contribution in [1.82, 2.24) is 4.98 Å². The molecule has 1 aliphatic heterocycles. The highest BCUT2D eigenvalue weighted by Crippen LogP contribution is 2.21. The van der Waals surface area contributed by atoms with Crippen molar-refractivity contribution in [2.24, 2.45) is 0 Å². The van der Waals surface area contributed by atoms with Crippen LogP contribution in [-0.4, -0.2) is 41.9 Å².